The highest BCUT2D eigenvalue weighted by Crippen LogP contribution is 2.12. The van der Waals surface area contributed by atoms with Gasteiger partial charge in [-0.25, -0.2) is 0 Å². The van der Waals surface area contributed by atoms with Gasteiger partial charge in [-0.05, 0) is 26.0 Å². The van der Waals surface area contributed by atoms with Gasteiger partial charge in [0.25, 0.3) is 5.91 Å². The number of rotatable bonds is 5. The lowest BCUT2D eigenvalue weighted by molar-refractivity contribution is -0.141. The minimum atomic E-state index is -0.914. The number of carboxylic acid groups (broad SMARTS) is 1. The fourth-order valence-corrected chi connectivity index (χ4v) is 1.44. The van der Waals surface area contributed by atoms with Crippen molar-refractivity contribution in [3.63, 3.8) is 0 Å². The smallest absolute Gasteiger partial charge is 0.308 e. The Kier molecular flexibility index (Phi) is 4.31. The summed E-state index contributed by atoms with van der Waals surface area (Å²) in [6.45, 7) is 5.44. The molecule has 0 aliphatic rings. The first-order chi connectivity index (χ1) is 7.93. The first-order valence-electron chi connectivity index (χ1n) is 5.50. The number of nitrogens with zero attached hydrogens (tertiary/aromatic N) is 1. The summed E-state index contributed by atoms with van der Waals surface area (Å²) in [5.41, 5.74) is 0. The van der Waals surface area contributed by atoms with E-state index in [1.807, 2.05) is 13.8 Å². The summed E-state index contributed by atoms with van der Waals surface area (Å²) in [7, 11) is 0. The lowest BCUT2D eigenvalue weighted by Crippen LogP contribution is -2.41. The monoisotopic (exact) mass is 239 g/mol. The van der Waals surface area contributed by atoms with Gasteiger partial charge in [0.15, 0.2) is 5.76 Å². The maximum Gasteiger partial charge on any atom is 0.308 e. The minimum absolute atomic E-state index is 0.0746. The maximum absolute atomic E-state index is 12.0. The molecular weight excluding hydrogens is 222 g/mol. The third-order valence-electron chi connectivity index (χ3n) is 2.51. The Balaban J connectivity index is 2.80. The molecule has 0 radical (unpaired) electrons. The summed E-state index contributed by atoms with van der Waals surface area (Å²) in [5.74, 6) is -1.56. The predicted octanol–water partition coefficient (Wildman–Crippen LogP) is 1.85. The highest BCUT2D eigenvalue weighted by molar-refractivity contribution is 5.91. The zero-order valence-electron chi connectivity index (χ0n) is 10.2. The van der Waals surface area contributed by atoms with E-state index in [1.165, 1.54) is 11.2 Å². The van der Waals surface area contributed by atoms with Crippen LogP contribution >= 0.6 is 0 Å². The van der Waals surface area contributed by atoms with Crippen LogP contribution in [0.2, 0.25) is 0 Å². The van der Waals surface area contributed by atoms with Crippen LogP contribution in [0.4, 0.5) is 0 Å². The Bertz CT molecular complexity index is 383. The molecule has 5 nitrogen and oxygen atoms in total. The molecule has 1 aromatic rings. The minimum Gasteiger partial charge on any atom is -0.481 e. The van der Waals surface area contributed by atoms with Crippen molar-refractivity contribution in [3.05, 3.63) is 24.2 Å². The number of amides is 1. The summed E-state index contributed by atoms with van der Waals surface area (Å²) in [4.78, 5) is 24.3. The lowest BCUT2D eigenvalue weighted by Gasteiger charge is -2.27. The Morgan fingerprint density at radius 3 is 2.47 bits per heavy atom. The molecule has 5 heteroatoms. The van der Waals surface area contributed by atoms with Crippen LogP contribution in [-0.2, 0) is 4.79 Å². The molecule has 0 spiro atoms. The molecule has 1 rings (SSSR count). The summed E-state index contributed by atoms with van der Waals surface area (Å²) in [6.07, 6.45) is 1.42. The number of furan rings is 1. The number of carboxylic acids is 1. The Morgan fingerprint density at radius 2 is 2.06 bits per heavy atom. The van der Waals surface area contributed by atoms with Gasteiger partial charge in [-0.15, -0.1) is 0 Å². The van der Waals surface area contributed by atoms with Gasteiger partial charge in [-0.1, -0.05) is 6.92 Å². The summed E-state index contributed by atoms with van der Waals surface area (Å²) < 4.78 is 5.03. The van der Waals surface area contributed by atoms with Gasteiger partial charge in [0.1, 0.15) is 0 Å². The normalized spacial score (nSPS) is 12.5. The second-order valence-electron chi connectivity index (χ2n) is 4.27. The van der Waals surface area contributed by atoms with Crippen molar-refractivity contribution in [1.29, 1.82) is 0 Å². The molecule has 1 heterocycles. The van der Waals surface area contributed by atoms with Crippen LogP contribution in [0.25, 0.3) is 0 Å². The standard InChI is InChI=1S/C12H17NO4/c1-8(2)13(7-9(3)12(15)16)11(14)10-5-4-6-17-10/h4-6,8-9H,7H2,1-3H3,(H,15,16). The van der Waals surface area contributed by atoms with Gasteiger partial charge >= 0.3 is 5.97 Å². The van der Waals surface area contributed by atoms with Gasteiger partial charge in [0.05, 0.1) is 12.2 Å². The number of aliphatic carboxylic acids is 1. The zero-order valence-corrected chi connectivity index (χ0v) is 10.2. The SMILES string of the molecule is CC(CN(C(=O)c1ccco1)C(C)C)C(=O)O. The topological polar surface area (TPSA) is 70.8 Å². The number of hydrogen-bond acceptors (Lipinski definition) is 3. The molecule has 1 unspecified atom stereocenters. The summed E-state index contributed by atoms with van der Waals surface area (Å²) in [6, 6.07) is 3.13. The fourth-order valence-electron chi connectivity index (χ4n) is 1.44. The summed E-state index contributed by atoms with van der Waals surface area (Å²) >= 11 is 0. The van der Waals surface area contributed by atoms with Crippen molar-refractivity contribution in [2.45, 2.75) is 26.8 Å². The molecule has 0 saturated carbocycles. The average molecular weight is 239 g/mol. The largest absolute Gasteiger partial charge is 0.481 e. The quantitative estimate of drug-likeness (QED) is 0.851. The van der Waals surface area contributed by atoms with E-state index in [-0.39, 0.29) is 24.3 Å². The van der Waals surface area contributed by atoms with E-state index in [0.29, 0.717) is 0 Å². The Morgan fingerprint density at radius 1 is 1.41 bits per heavy atom. The summed E-state index contributed by atoms with van der Waals surface area (Å²) in [5, 5.41) is 8.86. The Labute approximate surface area is 100 Å². The second kappa shape index (κ2) is 5.52. The van der Waals surface area contributed by atoms with Crippen LogP contribution in [0.1, 0.15) is 31.3 Å². The molecule has 0 fully saturated rings. The predicted molar refractivity (Wildman–Crippen MR) is 61.7 cm³/mol. The number of carbonyl (C=O) groups is 2. The van der Waals surface area contributed by atoms with Crippen molar-refractivity contribution in [2.75, 3.05) is 6.54 Å². The highest BCUT2D eigenvalue weighted by atomic mass is 16.4. The Hall–Kier alpha value is -1.78. The molecule has 1 atom stereocenters. The van der Waals surface area contributed by atoms with Gasteiger partial charge < -0.3 is 14.4 Å². The van der Waals surface area contributed by atoms with E-state index in [0.717, 1.165) is 0 Å². The van der Waals surface area contributed by atoms with E-state index in [1.54, 1.807) is 19.1 Å². The van der Waals surface area contributed by atoms with Crippen LogP contribution in [0.5, 0.6) is 0 Å². The number of hydrogen-bond donors (Lipinski definition) is 1. The van der Waals surface area contributed by atoms with Gasteiger partial charge in [0, 0.05) is 12.6 Å². The fraction of sp³-hybridized carbons (Fsp3) is 0.500. The molecular formula is C12H17NO4. The molecule has 94 valence electrons. The highest BCUT2D eigenvalue weighted by Gasteiger charge is 2.25. The molecule has 17 heavy (non-hydrogen) atoms. The molecule has 0 aliphatic heterocycles. The van der Waals surface area contributed by atoms with Crippen LogP contribution in [0.3, 0.4) is 0 Å². The molecule has 0 aromatic carbocycles. The van der Waals surface area contributed by atoms with Gasteiger partial charge in [-0.3, -0.25) is 9.59 Å². The molecule has 1 aromatic heterocycles. The van der Waals surface area contributed by atoms with E-state index in [2.05, 4.69) is 0 Å². The third-order valence-corrected chi connectivity index (χ3v) is 2.51. The van der Waals surface area contributed by atoms with Crippen molar-refractivity contribution >= 4 is 11.9 Å². The molecule has 0 saturated heterocycles. The lowest BCUT2D eigenvalue weighted by atomic mass is 10.1. The van der Waals surface area contributed by atoms with E-state index < -0.39 is 11.9 Å². The van der Waals surface area contributed by atoms with Crippen molar-refractivity contribution in [2.24, 2.45) is 5.92 Å². The van der Waals surface area contributed by atoms with Crippen LogP contribution in [0.15, 0.2) is 22.8 Å². The molecule has 0 aliphatic carbocycles. The van der Waals surface area contributed by atoms with Crippen molar-refractivity contribution in [1.82, 2.24) is 4.90 Å². The second-order valence-corrected chi connectivity index (χ2v) is 4.27. The molecule has 0 bridgehead atoms. The first-order valence-corrected chi connectivity index (χ1v) is 5.50. The average Bonchev–Trinajstić information content (AvgIpc) is 2.77. The number of carbonyl (C=O) groups excluding carboxylic acids is 1. The molecule has 1 amide bonds. The van der Waals surface area contributed by atoms with Crippen molar-refractivity contribution in [3.8, 4) is 0 Å². The van der Waals surface area contributed by atoms with Crippen LogP contribution in [0, 0.1) is 5.92 Å². The van der Waals surface area contributed by atoms with E-state index >= 15 is 0 Å². The van der Waals surface area contributed by atoms with E-state index in [4.69, 9.17) is 9.52 Å². The van der Waals surface area contributed by atoms with Gasteiger partial charge in [-0.2, -0.15) is 0 Å². The molecule has 1 N–H and O–H groups in total. The zero-order chi connectivity index (χ0) is 13.0. The maximum atomic E-state index is 12.0. The first kappa shape index (κ1) is 13.3. The van der Waals surface area contributed by atoms with Crippen molar-refractivity contribution < 1.29 is 19.1 Å². The van der Waals surface area contributed by atoms with Crippen LogP contribution in [-0.4, -0.2) is 34.5 Å². The van der Waals surface area contributed by atoms with Crippen LogP contribution < -0.4 is 0 Å². The van der Waals surface area contributed by atoms with Gasteiger partial charge in [0.2, 0.25) is 0 Å². The third kappa shape index (κ3) is 3.34. The van der Waals surface area contributed by atoms with E-state index in [9.17, 15) is 9.59 Å².